The summed E-state index contributed by atoms with van der Waals surface area (Å²) >= 11 is 0. The zero-order valence-electron chi connectivity index (χ0n) is 15.8. The van der Waals surface area contributed by atoms with Crippen LogP contribution in [0.4, 0.5) is 4.39 Å². The number of ether oxygens (including phenoxy) is 1. The van der Waals surface area contributed by atoms with E-state index in [0.29, 0.717) is 31.7 Å². The van der Waals surface area contributed by atoms with Crippen molar-refractivity contribution in [1.82, 2.24) is 4.90 Å². The summed E-state index contributed by atoms with van der Waals surface area (Å²) < 4.78 is 41.9. The molecule has 1 fully saturated rings. The van der Waals surface area contributed by atoms with Gasteiger partial charge in [-0.3, -0.25) is 4.79 Å². The Bertz CT molecular complexity index is 924. The number of sulfone groups is 1. The van der Waals surface area contributed by atoms with E-state index in [1.54, 1.807) is 18.2 Å². The summed E-state index contributed by atoms with van der Waals surface area (Å²) in [4.78, 5) is 14.7. The number of amides is 1. The minimum atomic E-state index is -3.23. The van der Waals surface area contributed by atoms with Crippen molar-refractivity contribution >= 4 is 15.7 Å². The average Bonchev–Trinajstić information content (AvgIpc) is 3.48. The van der Waals surface area contributed by atoms with Gasteiger partial charge in [-0.2, -0.15) is 0 Å². The van der Waals surface area contributed by atoms with Crippen LogP contribution in [0.3, 0.4) is 0 Å². The van der Waals surface area contributed by atoms with Gasteiger partial charge < -0.3 is 9.64 Å². The molecule has 150 valence electrons. The van der Waals surface area contributed by atoms with Crippen molar-refractivity contribution in [2.24, 2.45) is 0 Å². The van der Waals surface area contributed by atoms with Crippen molar-refractivity contribution in [3.63, 3.8) is 0 Å². The Hall–Kier alpha value is -2.41. The first-order valence-corrected chi connectivity index (χ1v) is 11.2. The largest absolute Gasteiger partial charge is 0.494 e. The van der Waals surface area contributed by atoms with Crippen LogP contribution in [-0.4, -0.2) is 38.1 Å². The maximum Gasteiger partial charge on any atom is 0.223 e. The molecule has 2 aromatic carbocycles. The lowest BCUT2D eigenvalue weighted by molar-refractivity contribution is -0.132. The summed E-state index contributed by atoms with van der Waals surface area (Å²) in [6.45, 7) is 0.789. The van der Waals surface area contributed by atoms with Gasteiger partial charge in [0.25, 0.3) is 0 Å². The lowest BCUT2D eigenvalue weighted by Gasteiger charge is -2.22. The Morgan fingerprint density at radius 1 is 1.18 bits per heavy atom. The molecule has 1 amide bonds. The molecule has 0 heterocycles. The van der Waals surface area contributed by atoms with Crippen molar-refractivity contribution in [3.8, 4) is 5.75 Å². The van der Waals surface area contributed by atoms with Gasteiger partial charge in [0.05, 0.1) is 11.5 Å². The van der Waals surface area contributed by atoms with Crippen LogP contribution < -0.4 is 4.74 Å². The summed E-state index contributed by atoms with van der Waals surface area (Å²) in [6, 6.07) is 12.8. The first kappa shape index (κ1) is 20.3. The number of carbonyl (C=O) groups is 1. The number of halogens is 1. The molecule has 0 bridgehead atoms. The molecule has 0 aliphatic heterocycles. The van der Waals surface area contributed by atoms with Crippen molar-refractivity contribution in [3.05, 3.63) is 59.9 Å². The van der Waals surface area contributed by atoms with Gasteiger partial charge in [-0.25, -0.2) is 12.8 Å². The first-order valence-electron chi connectivity index (χ1n) is 9.30. The molecule has 0 aromatic heterocycles. The molecule has 1 aliphatic rings. The number of hydrogen-bond acceptors (Lipinski definition) is 4. The maximum atomic E-state index is 13.4. The van der Waals surface area contributed by atoms with E-state index in [9.17, 15) is 17.6 Å². The minimum Gasteiger partial charge on any atom is -0.494 e. The smallest absolute Gasteiger partial charge is 0.223 e. The van der Waals surface area contributed by atoms with Crippen LogP contribution >= 0.6 is 0 Å². The molecule has 2 aromatic rings. The third kappa shape index (κ3) is 5.79. The van der Waals surface area contributed by atoms with E-state index >= 15 is 0 Å². The fraction of sp³-hybridized carbons (Fsp3) is 0.381. The van der Waals surface area contributed by atoms with E-state index in [2.05, 4.69) is 0 Å². The van der Waals surface area contributed by atoms with E-state index in [-0.39, 0.29) is 22.7 Å². The topological polar surface area (TPSA) is 63.7 Å². The van der Waals surface area contributed by atoms with Crippen molar-refractivity contribution in [2.75, 3.05) is 12.9 Å². The van der Waals surface area contributed by atoms with Gasteiger partial charge in [-0.15, -0.1) is 0 Å². The van der Waals surface area contributed by atoms with Crippen molar-refractivity contribution in [1.29, 1.82) is 0 Å². The number of nitrogens with zero attached hydrogens (tertiary/aromatic N) is 1. The highest BCUT2D eigenvalue weighted by atomic mass is 32.2. The third-order valence-electron chi connectivity index (χ3n) is 4.61. The zero-order chi connectivity index (χ0) is 20.1. The molecule has 0 unspecified atom stereocenters. The van der Waals surface area contributed by atoms with Gasteiger partial charge in [-0.05, 0) is 61.2 Å². The van der Waals surface area contributed by atoms with Crippen LogP contribution in [0.25, 0.3) is 0 Å². The summed E-state index contributed by atoms with van der Waals surface area (Å²) in [7, 11) is -3.23. The Labute approximate surface area is 165 Å². The fourth-order valence-corrected chi connectivity index (χ4v) is 3.61. The Morgan fingerprint density at radius 2 is 1.89 bits per heavy atom. The number of rotatable bonds is 9. The second-order valence-corrected chi connectivity index (χ2v) is 9.09. The highest BCUT2D eigenvalue weighted by molar-refractivity contribution is 7.90. The molecule has 3 rings (SSSR count). The zero-order valence-corrected chi connectivity index (χ0v) is 16.6. The average molecular weight is 405 g/mol. The molecule has 5 nitrogen and oxygen atoms in total. The van der Waals surface area contributed by atoms with Crippen LogP contribution in [0.5, 0.6) is 5.75 Å². The van der Waals surface area contributed by atoms with E-state index in [0.717, 1.165) is 24.7 Å². The van der Waals surface area contributed by atoms with Gasteiger partial charge in [0.1, 0.15) is 11.6 Å². The summed E-state index contributed by atoms with van der Waals surface area (Å²) in [6.07, 6.45) is 4.05. The Morgan fingerprint density at radius 3 is 2.50 bits per heavy atom. The molecule has 1 aliphatic carbocycles. The molecule has 0 radical (unpaired) electrons. The lowest BCUT2D eigenvalue weighted by Crippen LogP contribution is -2.32. The minimum absolute atomic E-state index is 0.0442. The summed E-state index contributed by atoms with van der Waals surface area (Å²) in [5, 5.41) is 0. The monoisotopic (exact) mass is 405 g/mol. The SMILES string of the molecule is CS(=O)(=O)c1ccc(OCCCC(=O)N(Cc2cccc(F)c2)C2CC2)cc1. The van der Waals surface area contributed by atoms with Crippen LogP contribution in [-0.2, 0) is 21.2 Å². The van der Waals surface area contributed by atoms with Crippen LogP contribution in [0.1, 0.15) is 31.2 Å². The molecule has 0 saturated heterocycles. The van der Waals surface area contributed by atoms with E-state index in [1.165, 1.54) is 24.3 Å². The highest BCUT2D eigenvalue weighted by Crippen LogP contribution is 2.29. The van der Waals surface area contributed by atoms with Gasteiger partial charge >= 0.3 is 0 Å². The predicted molar refractivity (Wildman–Crippen MR) is 104 cm³/mol. The number of benzene rings is 2. The fourth-order valence-electron chi connectivity index (χ4n) is 2.98. The third-order valence-corrected chi connectivity index (χ3v) is 5.73. The second-order valence-electron chi connectivity index (χ2n) is 7.08. The molecule has 7 heteroatoms. The van der Waals surface area contributed by atoms with Crippen molar-refractivity contribution in [2.45, 2.75) is 43.2 Å². The molecule has 0 N–H and O–H groups in total. The van der Waals surface area contributed by atoms with E-state index in [4.69, 9.17) is 4.74 Å². The molecule has 0 spiro atoms. The normalized spacial score (nSPS) is 13.9. The van der Waals surface area contributed by atoms with Crippen molar-refractivity contribution < 1.29 is 22.3 Å². The van der Waals surface area contributed by atoms with Crippen LogP contribution in [0, 0.1) is 5.82 Å². The maximum absolute atomic E-state index is 13.4. The van der Waals surface area contributed by atoms with Gasteiger partial charge in [-0.1, -0.05) is 12.1 Å². The summed E-state index contributed by atoms with van der Waals surface area (Å²) in [5.41, 5.74) is 0.794. The van der Waals surface area contributed by atoms with Crippen LogP contribution in [0.2, 0.25) is 0 Å². The molecular weight excluding hydrogens is 381 g/mol. The van der Waals surface area contributed by atoms with Gasteiger partial charge in [0.2, 0.25) is 5.91 Å². The van der Waals surface area contributed by atoms with E-state index < -0.39 is 9.84 Å². The van der Waals surface area contributed by atoms with Crippen LogP contribution in [0.15, 0.2) is 53.4 Å². The van der Waals surface area contributed by atoms with Gasteiger partial charge in [0.15, 0.2) is 9.84 Å². The lowest BCUT2D eigenvalue weighted by atomic mass is 10.2. The standard InChI is InChI=1S/C21H24FNO4S/c1-28(25,26)20-11-9-19(10-12-20)27-13-3-6-21(24)23(18-7-8-18)15-16-4-2-5-17(22)14-16/h2,4-5,9-12,14,18H,3,6-8,13,15H2,1H3. The number of hydrogen-bond donors (Lipinski definition) is 0. The number of carbonyl (C=O) groups excluding carboxylic acids is 1. The van der Waals surface area contributed by atoms with Gasteiger partial charge in [0, 0.05) is 25.3 Å². The molecule has 0 atom stereocenters. The quantitative estimate of drug-likeness (QED) is 0.598. The first-order chi connectivity index (χ1) is 13.3. The molecule has 28 heavy (non-hydrogen) atoms. The highest BCUT2D eigenvalue weighted by Gasteiger charge is 2.32. The molecule has 1 saturated carbocycles. The Balaban J connectivity index is 1.47. The molecular formula is C21H24FNO4S. The van der Waals surface area contributed by atoms with E-state index in [1.807, 2.05) is 11.0 Å². The predicted octanol–water partition coefficient (Wildman–Crippen LogP) is 3.58. The Kier molecular flexibility index (Phi) is 6.34. The summed E-state index contributed by atoms with van der Waals surface area (Å²) in [5.74, 6) is 0.317. The second kappa shape index (κ2) is 8.73.